The van der Waals surface area contributed by atoms with Crippen LogP contribution in [0, 0.1) is 17.2 Å². The molecule has 0 saturated heterocycles. The van der Waals surface area contributed by atoms with Gasteiger partial charge in [-0.05, 0) is 0 Å². The van der Waals surface area contributed by atoms with Crippen molar-refractivity contribution in [3.63, 3.8) is 0 Å². The summed E-state index contributed by atoms with van der Waals surface area (Å²) in [6.45, 7) is -0.880. The van der Waals surface area contributed by atoms with Gasteiger partial charge in [-0.1, -0.05) is 0 Å². The molecule has 5 nitrogen and oxygen atoms in total. The van der Waals surface area contributed by atoms with E-state index in [0.717, 1.165) is 23.0 Å². The SMILES string of the molecule is Cn1ccn(CC(C#N)C(F)(F)F)c(=O)c1=O. The van der Waals surface area contributed by atoms with Crippen LogP contribution in [0.3, 0.4) is 0 Å². The maximum atomic E-state index is 12.3. The highest BCUT2D eigenvalue weighted by molar-refractivity contribution is 4.92. The third-order valence-corrected chi connectivity index (χ3v) is 2.16. The van der Waals surface area contributed by atoms with Crippen molar-refractivity contribution in [3.8, 4) is 6.07 Å². The van der Waals surface area contributed by atoms with Gasteiger partial charge in [0.05, 0.1) is 12.6 Å². The number of alkyl halides is 3. The summed E-state index contributed by atoms with van der Waals surface area (Å²) in [5.74, 6) is -2.31. The molecule has 1 unspecified atom stereocenters. The van der Waals surface area contributed by atoms with Crippen molar-refractivity contribution in [2.24, 2.45) is 13.0 Å². The van der Waals surface area contributed by atoms with E-state index in [1.54, 1.807) is 0 Å². The summed E-state index contributed by atoms with van der Waals surface area (Å²) in [6, 6.07) is 1.06. The predicted octanol–water partition coefficient (Wildman–Crippen LogP) is 0.249. The maximum Gasteiger partial charge on any atom is 0.406 e. The smallest absolute Gasteiger partial charge is 0.312 e. The molecule has 0 spiro atoms. The van der Waals surface area contributed by atoms with Gasteiger partial charge in [0.25, 0.3) is 0 Å². The summed E-state index contributed by atoms with van der Waals surface area (Å²) in [7, 11) is 1.31. The summed E-state index contributed by atoms with van der Waals surface area (Å²) in [5.41, 5.74) is -2.02. The van der Waals surface area contributed by atoms with Gasteiger partial charge in [-0.15, -0.1) is 0 Å². The molecule has 0 amide bonds. The number of halogens is 3. The van der Waals surface area contributed by atoms with E-state index < -0.39 is 29.8 Å². The Labute approximate surface area is 93.3 Å². The Kier molecular flexibility index (Phi) is 3.41. The van der Waals surface area contributed by atoms with E-state index in [-0.39, 0.29) is 0 Å². The molecule has 1 aromatic heterocycles. The Hall–Kier alpha value is -2.04. The highest BCUT2D eigenvalue weighted by atomic mass is 19.4. The van der Waals surface area contributed by atoms with E-state index in [9.17, 15) is 22.8 Å². The minimum Gasteiger partial charge on any atom is -0.312 e. The van der Waals surface area contributed by atoms with E-state index >= 15 is 0 Å². The van der Waals surface area contributed by atoms with Crippen LogP contribution in [0.2, 0.25) is 0 Å². The van der Waals surface area contributed by atoms with Crippen LogP contribution >= 0.6 is 0 Å². The van der Waals surface area contributed by atoms with Crippen LogP contribution in [0.15, 0.2) is 22.0 Å². The van der Waals surface area contributed by atoms with Crippen LogP contribution in [0.4, 0.5) is 13.2 Å². The third-order valence-electron chi connectivity index (χ3n) is 2.16. The lowest BCUT2D eigenvalue weighted by Gasteiger charge is -2.14. The molecule has 1 atom stereocenters. The van der Waals surface area contributed by atoms with Gasteiger partial charge in [0.15, 0.2) is 5.92 Å². The average molecular weight is 247 g/mol. The molecule has 0 aromatic carbocycles. The standard InChI is InChI=1S/C9H8F3N3O2/c1-14-2-3-15(8(17)7(14)16)5-6(4-13)9(10,11)12/h2-3,6H,5H2,1H3. The third kappa shape index (κ3) is 2.75. The van der Waals surface area contributed by atoms with Gasteiger partial charge >= 0.3 is 17.3 Å². The largest absolute Gasteiger partial charge is 0.406 e. The van der Waals surface area contributed by atoms with Gasteiger partial charge < -0.3 is 9.13 Å². The second-order valence-electron chi connectivity index (χ2n) is 3.40. The van der Waals surface area contributed by atoms with Gasteiger partial charge in [0, 0.05) is 19.4 Å². The maximum absolute atomic E-state index is 12.3. The summed E-state index contributed by atoms with van der Waals surface area (Å²) in [6.07, 6.45) is -2.52. The van der Waals surface area contributed by atoms with Crippen LogP contribution in [0.1, 0.15) is 0 Å². The lowest BCUT2D eigenvalue weighted by molar-refractivity contribution is -0.162. The van der Waals surface area contributed by atoms with Crippen LogP contribution in [0.25, 0.3) is 0 Å². The molecule has 1 heterocycles. The van der Waals surface area contributed by atoms with Crippen molar-refractivity contribution in [2.75, 3.05) is 0 Å². The number of nitrogens with zero attached hydrogens (tertiary/aromatic N) is 3. The molecule has 0 fully saturated rings. The number of aryl methyl sites for hydroxylation is 1. The monoisotopic (exact) mass is 247 g/mol. The Morgan fingerprint density at radius 1 is 1.35 bits per heavy atom. The lowest BCUT2D eigenvalue weighted by atomic mass is 10.1. The summed E-state index contributed by atoms with van der Waals surface area (Å²) < 4.78 is 38.4. The Morgan fingerprint density at radius 2 is 1.94 bits per heavy atom. The number of aromatic nitrogens is 2. The Balaban J connectivity index is 3.14. The topological polar surface area (TPSA) is 67.8 Å². The first kappa shape index (κ1) is 13.0. The van der Waals surface area contributed by atoms with Crippen molar-refractivity contribution in [2.45, 2.75) is 12.7 Å². The fourth-order valence-electron chi connectivity index (χ4n) is 1.15. The zero-order valence-corrected chi connectivity index (χ0v) is 8.73. The summed E-state index contributed by atoms with van der Waals surface area (Å²) in [4.78, 5) is 22.5. The molecule has 0 bridgehead atoms. The molecular formula is C9H8F3N3O2. The predicted molar refractivity (Wildman–Crippen MR) is 51.1 cm³/mol. The molecule has 0 aliphatic heterocycles. The molecule has 0 N–H and O–H groups in total. The van der Waals surface area contributed by atoms with Crippen LogP contribution < -0.4 is 11.1 Å². The van der Waals surface area contributed by atoms with Gasteiger partial charge in [-0.25, -0.2) is 0 Å². The minimum atomic E-state index is -4.73. The van der Waals surface area contributed by atoms with Gasteiger partial charge in [0.2, 0.25) is 0 Å². The Bertz CT molecular complexity index is 565. The van der Waals surface area contributed by atoms with E-state index in [4.69, 9.17) is 5.26 Å². The van der Waals surface area contributed by atoms with Crippen molar-refractivity contribution in [1.82, 2.24) is 9.13 Å². The van der Waals surface area contributed by atoms with Crippen LogP contribution in [-0.2, 0) is 13.6 Å². The molecular weight excluding hydrogens is 239 g/mol. The normalized spacial score (nSPS) is 13.1. The van der Waals surface area contributed by atoms with Gasteiger partial charge in [0.1, 0.15) is 0 Å². The summed E-state index contributed by atoms with van der Waals surface area (Å²) in [5, 5.41) is 8.37. The van der Waals surface area contributed by atoms with Gasteiger partial charge in [-0.3, -0.25) is 9.59 Å². The molecule has 17 heavy (non-hydrogen) atoms. The van der Waals surface area contributed by atoms with Crippen molar-refractivity contribution in [1.29, 1.82) is 5.26 Å². The highest BCUT2D eigenvalue weighted by Gasteiger charge is 2.40. The van der Waals surface area contributed by atoms with E-state index in [2.05, 4.69) is 0 Å². The molecule has 0 aliphatic carbocycles. The van der Waals surface area contributed by atoms with Crippen molar-refractivity contribution >= 4 is 0 Å². The van der Waals surface area contributed by atoms with E-state index in [0.29, 0.717) is 4.57 Å². The summed E-state index contributed by atoms with van der Waals surface area (Å²) >= 11 is 0. The number of hydrogen-bond acceptors (Lipinski definition) is 3. The molecule has 0 saturated carbocycles. The molecule has 0 aliphatic rings. The van der Waals surface area contributed by atoms with Crippen molar-refractivity contribution in [3.05, 3.63) is 33.1 Å². The molecule has 0 radical (unpaired) electrons. The molecule has 8 heteroatoms. The first-order valence-electron chi connectivity index (χ1n) is 4.49. The Morgan fingerprint density at radius 3 is 2.41 bits per heavy atom. The molecule has 1 aromatic rings. The number of rotatable bonds is 2. The second-order valence-corrected chi connectivity index (χ2v) is 3.40. The number of nitriles is 1. The fourth-order valence-corrected chi connectivity index (χ4v) is 1.15. The molecule has 92 valence electrons. The van der Waals surface area contributed by atoms with E-state index in [1.807, 2.05) is 0 Å². The quantitative estimate of drug-likeness (QED) is 0.703. The van der Waals surface area contributed by atoms with Crippen molar-refractivity contribution < 1.29 is 13.2 Å². The van der Waals surface area contributed by atoms with Crippen LogP contribution in [0.5, 0.6) is 0 Å². The minimum absolute atomic E-state index is 0.587. The lowest BCUT2D eigenvalue weighted by Crippen LogP contribution is -2.41. The van der Waals surface area contributed by atoms with Gasteiger partial charge in [-0.2, -0.15) is 18.4 Å². The van der Waals surface area contributed by atoms with Crippen LogP contribution in [-0.4, -0.2) is 15.3 Å². The first-order chi connectivity index (χ1) is 7.77. The average Bonchev–Trinajstić information content (AvgIpc) is 2.23. The molecule has 1 rings (SSSR count). The number of hydrogen-bond donors (Lipinski definition) is 0. The van der Waals surface area contributed by atoms with E-state index in [1.165, 1.54) is 7.05 Å². The zero-order chi connectivity index (χ0) is 13.2. The zero-order valence-electron chi connectivity index (χ0n) is 8.73. The fraction of sp³-hybridized carbons (Fsp3) is 0.444. The highest BCUT2D eigenvalue weighted by Crippen LogP contribution is 2.26. The first-order valence-corrected chi connectivity index (χ1v) is 4.49. The second kappa shape index (κ2) is 4.45.